The van der Waals surface area contributed by atoms with E-state index in [-0.39, 0.29) is 0 Å². The average Bonchev–Trinajstić information content (AvgIpc) is 2.27. The van der Waals surface area contributed by atoms with E-state index in [0.717, 1.165) is 18.1 Å². The first-order chi connectivity index (χ1) is 7.63. The van der Waals surface area contributed by atoms with Crippen LogP contribution in [0.2, 0.25) is 5.02 Å². The molecule has 1 aromatic rings. The largest absolute Gasteiger partial charge is 0.329 e. The summed E-state index contributed by atoms with van der Waals surface area (Å²) < 4.78 is 0. The Morgan fingerprint density at radius 3 is 2.38 bits per heavy atom. The molecule has 0 bridgehead atoms. The van der Waals surface area contributed by atoms with Crippen molar-refractivity contribution in [1.82, 2.24) is 4.90 Å². The lowest BCUT2D eigenvalue weighted by molar-refractivity contribution is 0.223. The highest BCUT2D eigenvalue weighted by atomic mass is 35.5. The third-order valence-corrected chi connectivity index (χ3v) is 3.30. The lowest BCUT2D eigenvalue weighted by atomic mass is 10.00. The van der Waals surface area contributed by atoms with Crippen LogP contribution in [0.25, 0.3) is 0 Å². The molecule has 1 rings (SSSR count). The number of halogens is 1. The lowest BCUT2D eigenvalue weighted by Gasteiger charge is -2.30. The predicted molar refractivity (Wildman–Crippen MR) is 70.9 cm³/mol. The van der Waals surface area contributed by atoms with Crippen molar-refractivity contribution in [2.45, 2.75) is 26.8 Å². The van der Waals surface area contributed by atoms with Crippen LogP contribution in [0.15, 0.2) is 18.2 Å². The van der Waals surface area contributed by atoms with Gasteiger partial charge in [-0.2, -0.15) is 0 Å². The number of benzene rings is 1. The first kappa shape index (κ1) is 13.5. The zero-order chi connectivity index (χ0) is 12.1. The summed E-state index contributed by atoms with van der Waals surface area (Å²) in [7, 11) is 0. The highest BCUT2D eigenvalue weighted by molar-refractivity contribution is 6.30. The van der Waals surface area contributed by atoms with Gasteiger partial charge < -0.3 is 5.73 Å². The van der Waals surface area contributed by atoms with Crippen LogP contribution in [0.5, 0.6) is 0 Å². The van der Waals surface area contributed by atoms with Crippen molar-refractivity contribution in [1.29, 1.82) is 0 Å². The maximum absolute atomic E-state index is 5.97. The lowest BCUT2D eigenvalue weighted by Crippen LogP contribution is -2.33. The predicted octanol–water partition coefficient (Wildman–Crippen LogP) is 2.99. The van der Waals surface area contributed by atoms with Gasteiger partial charge in [-0.25, -0.2) is 0 Å². The minimum absolute atomic E-state index is 0.298. The van der Waals surface area contributed by atoms with Gasteiger partial charge >= 0.3 is 0 Å². The van der Waals surface area contributed by atoms with E-state index in [9.17, 15) is 0 Å². The summed E-state index contributed by atoms with van der Waals surface area (Å²) >= 11 is 5.97. The highest BCUT2D eigenvalue weighted by Crippen LogP contribution is 2.25. The Labute approximate surface area is 103 Å². The average molecular weight is 241 g/mol. The first-order valence-corrected chi connectivity index (χ1v) is 6.22. The standard InChI is InChI=1S/C13H21ClN2/c1-4-16(5-2)13(9-15)12-7-6-11(14)8-10(12)3/h6-8,13H,4-5,9,15H2,1-3H3. The van der Waals surface area contributed by atoms with E-state index in [1.54, 1.807) is 0 Å². The number of rotatable bonds is 5. The molecule has 0 aliphatic heterocycles. The molecule has 2 nitrogen and oxygen atoms in total. The Bertz CT molecular complexity index is 335. The van der Waals surface area contributed by atoms with Crippen LogP contribution in [0.3, 0.4) is 0 Å². The van der Waals surface area contributed by atoms with Crippen molar-refractivity contribution < 1.29 is 0 Å². The third-order valence-electron chi connectivity index (χ3n) is 3.07. The molecule has 0 saturated carbocycles. The molecule has 1 atom stereocenters. The number of hydrogen-bond acceptors (Lipinski definition) is 2. The molecule has 90 valence electrons. The second kappa shape index (κ2) is 6.24. The van der Waals surface area contributed by atoms with Crippen LogP contribution in [0.4, 0.5) is 0 Å². The van der Waals surface area contributed by atoms with E-state index >= 15 is 0 Å². The molecule has 0 fully saturated rings. The molecule has 2 N–H and O–H groups in total. The van der Waals surface area contributed by atoms with Crippen LogP contribution in [0, 0.1) is 6.92 Å². The van der Waals surface area contributed by atoms with Crippen molar-refractivity contribution in [3.05, 3.63) is 34.3 Å². The molecular weight excluding hydrogens is 220 g/mol. The number of hydrogen-bond donors (Lipinski definition) is 1. The van der Waals surface area contributed by atoms with Gasteiger partial charge in [-0.15, -0.1) is 0 Å². The van der Waals surface area contributed by atoms with Gasteiger partial charge in [0.15, 0.2) is 0 Å². The van der Waals surface area contributed by atoms with Crippen LogP contribution in [0.1, 0.15) is 31.0 Å². The number of nitrogens with two attached hydrogens (primary N) is 1. The van der Waals surface area contributed by atoms with Crippen molar-refractivity contribution in [2.24, 2.45) is 5.73 Å². The number of aryl methyl sites for hydroxylation is 1. The van der Waals surface area contributed by atoms with Gasteiger partial charge in [0.2, 0.25) is 0 Å². The van der Waals surface area contributed by atoms with E-state index in [0.29, 0.717) is 12.6 Å². The smallest absolute Gasteiger partial charge is 0.0472 e. The van der Waals surface area contributed by atoms with Crippen LogP contribution in [-0.4, -0.2) is 24.5 Å². The van der Waals surface area contributed by atoms with Gasteiger partial charge in [-0.05, 0) is 43.3 Å². The van der Waals surface area contributed by atoms with E-state index in [2.05, 4.69) is 31.7 Å². The molecule has 1 unspecified atom stereocenters. The van der Waals surface area contributed by atoms with Crippen molar-refractivity contribution in [2.75, 3.05) is 19.6 Å². The molecular formula is C13H21ClN2. The normalized spacial score (nSPS) is 13.1. The minimum Gasteiger partial charge on any atom is -0.329 e. The fourth-order valence-corrected chi connectivity index (χ4v) is 2.38. The number of likely N-dealkylation sites (N-methyl/N-ethyl adjacent to an activating group) is 1. The molecule has 0 radical (unpaired) electrons. The molecule has 0 aliphatic carbocycles. The number of nitrogens with zero attached hydrogens (tertiary/aromatic N) is 1. The molecule has 0 heterocycles. The summed E-state index contributed by atoms with van der Waals surface area (Å²) in [4.78, 5) is 2.37. The minimum atomic E-state index is 0.298. The molecule has 0 aliphatic rings. The molecule has 16 heavy (non-hydrogen) atoms. The van der Waals surface area contributed by atoms with E-state index in [1.165, 1.54) is 11.1 Å². The Morgan fingerprint density at radius 1 is 1.31 bits per heavy atom. The molecule has 0 amide bonds. The fraction of sp³-hybridized carbons (Fsp3) is 0.538. The van der Waals surface area contributed by atoms with Gasteiger partial charge in [0, 0.05) is 17.6 Å². The Balaban J connectivity index is 3.03. The monoisotopic (exact) mass is 240 g/mol. The summed E-state index contributed by atoms with van der Waals surface area (Å²) in [6, 6.07) is 6.33. The van der Waals surface area contributed by atoms with Crippen LogP contribution < -0.4 is 5.73 Å². The van der Waals surface area contributed by atoms with Gasteiger partial charge in [0.1, 0.15) is 0 Å². The molecule has 0 saturated heterocycles. The SMILES string of the molecule is CCN(CC)C(CN)c1ccc(Cl)cc1C. The van der Waals surface area contributed by atoms with Crippen molar-refractivity contribution in [3.63, 3.8) is 0 Å². The zero-order valence-electron chi connectivity index (χ0n) is 10.3. The summed E-state index contributed by atoms with van der Waals surface area (Å²) in [5.74, 6) is 0. The topological polar surface area (TPSA) is 29.3 Å². The van der Waals surface area contributed by atoms with Gasteiger partial charge in [0.25, 0.3) is 0 Å². The maximum Gasteiger partial charge on any atom is 0.0472 e. The Hall–Kier alpha value is -0.570. The maximum atomic E-state index is 5.97. The van der Waals surface area contributed by atoms with E-state index in [1.807, 2.05) is 12.1 Å². The molecule has 3 heteroatoms. The summed E-state index contributed by atoms with van der Waals surface area (Å²) in [6.45, 7) is 9.09. The summed E-state index contributed by atoms with van der Waals surface area (Å²) in [5.41, 5.74) is 8.39. The second-order valence-electron chi connectivity index (χ2n) is 3.97. The van der Waals surface area contributed by atoms with E-state index < -0.39 is 0 Å². The first-order valence-electron chi connectivity index (χ1n) is 5.84. The Morgan fingerprint density at radius 2 is 1.94 bits per heavy atom. The summed E-state index contributed by atoms with van der Waals surface area (Å²) in [6.07, 6.45) is 0. The van der Waals surface area contributed by atoms with Gasteiger partial charge in [-0.3, -0.25) is 4.90 Å². The second-order valence-corrected chi connectivity index (χ2v) is 4.41. The Kier molecular flexibility index (Phi) is 5.26. The molecule has 0 aromatic heterocycles. The third kappa shape index (κ3) is 2.97. The summed E-state index contributed by atoms with van der Waals surface area (Å²) in [5, 5.41) is 0.788. The fourth-order valence-electron chi connectivity index (χ4n) is 2.15. The molecule has 1 aromatic carbocycles. The van der Waals surface area contributed by atoms with Gasteiger partial charge in [0.05, 0.1) is 0 Å². The molecule has 0 spiro atoms. The quantitative estimate of drug-likeness (QED) is 0.858. The highest BCUT2D eigenvalue weighted by Gasteiger charge is 2.17. The zero-order valence-corrected chi connectivity index (χ0v) is 11.1. The van der Waals surface area contributed by atoms with Crippen LogP contribution in [-0.2, 0) is 0 Å². The van der Waals surface area contributed by atoms with Crippen molar-refractivity contribution >= 4 is 11.6 Å². The van der Waals surface area contributed by atoms with Crippen molar-refractivity contribution in [3.8, 4) is 0 Å². The van der Waals surface area contributed by atoms with E-state index in [4.69, 9.17) is 17.3 Å². The van der Waals surface area contributed by atoms with Crippen LogP contribution >= 0.6 is 11.6 Å². The van der Waals surface area contributed by atoms with Gasteiger partial charge in [-0.1, -0.05) is 31.5 Å².